The van der Waals surface area contributed by atoms with E-state index < -0.39 is 0 Å². The monoisotopic (exact) mass is 287 g/mol. The molecule has 2 fully saturated rings. The van der Waals surface area contributed by atoms with E-state index in [0.29, 0.717) is 6.54 Å². The number of benzene rings is 1. The minimum absolute atomic E-state index is 0.0717. The zero-order valence-electron chi connectivity index (χ0n) is 12.9. The molecule has 0 radical (unpaired) electrons. The average molecular weight is 287 g/mol. The second-order valence-corrected chi connectivity index (χ2v) is 6.52. The lowest BCUT2D eigenvalue weighted by Crippen LogP contribution is -2.38. The van der Waals surface area contributed by atoms with Crippen molar-refractivity contribution in [1.82, 2.24) is 15.5 Å². The first-order valence-corrected chi connectivity index (χ1v) is 7.91. The van der Waals surface area contributed by atoms with Gasteiger partial charge in [-0.25, -0.2) is 0 Å². The third kappa shape index (κ3) is 3.27. The SMILES string of the molecule is Cc1ccccc1C(C)NC(=O)CN1CC2CNCC2C1. The lowest BCUT2D eigenvalue weighted by molar-refractivity contribution is -0.122. The summed E-state index contributed by atoms with van der Waals surface area (Å²) in [6, 6.07) is 8.31. The molecule has 0 spiro atoms. The van der Waals surface area contributed by atoms with Gasteiger partial charge in [0.1, 0.15) is 0 Å². The van der Waals surface area contributed by atoms with Gasteiger partial charge in [-0.3, -0.25) is 9.69 Å². The molecule has 1 amide bonds. The molecular formula is C17H25N3O. The van der Waals surface area contributed by atoms with Gasteiger partial charge in [0.15, 0.2) is 0 Å². The average Bonchev–Trinajstić information content (AvgIpc) is 2.99. The predicted molar refractivity (Wildman–Crippen MR) is 84.0 cm³/mol. The number of hydrogen-bond acceptors (Lipinski definition) is 3. The first-order chi connectivity index (χ1) is 10.1. The van der Waals surface area contributed by atoms with Gasteiger partial charge in [0, 0.05) is 13.1 Å². The van der Waals surface area contributed by atoms with E-state index in [0.717, 1.165) is 38.0 Å². The molecule has 2 aliphatic rings. The van der Waals surface area contributed by atoms with Crippen molar-refractivity contribution in [2.45, 2.75) is 19.9 Å². The summed E-state index contributed by atoms with van der Waals surface area (Å²) >= 11 is 0. The lowest BCUT2D eigenvalue weighted by atomic mass is 10.0. The second-order valence-electron chi connectivity index (χ2n) is 6.52. The summed E-state index contributed by atoms with van der Waals surface area (Å²) < 4.78 is 0. The van der Waals surface area contributed by atoms with Gasteiger partial charge >= 0.3 is 0 Å². The van der Waals surface area contributed by atoms with Crippen molar-refractivity contribution in [3.8, 4) is 0 Å². The third-order valence-corrected chi connectivity index (χ3v) is 4.86. The number of hydrogen-bond donors (Lipinski definition) is 2. The maximum atomic E-state index is 12.2. The van der Waals surface area contributed by atoms with Crippen LogP contribution in [0.15, 0.2) is 24.3 Å². The summed E-state index contributed by atoms with van der Waals surface area (Å²) in [6.45, 7) is 9.03. The number of carbonyl (C=O) groups excluding carboxylic acids is 1. The minimum atomic E-state index is 0.0717. The van der Waals surface area contributed by atoms with Crippen LogP contribution in [-0.2, 0) is 4.79 Å². The molecule has 2 saturated heterocycles. The molecular weight excluding hydrogens is 262 g/mol. The van der Waals surface area contributed by atoms with Crippen molar-refractivity contribution in [3.05, 3.63) is 35.4 Å². The van der Waals surface area contributed by atoms with Crippen molar-refractivity contribution in [3.63, 3.8) is 0 Å². The molecule has 3 rings (SSSR count). The predicted octanol–water partition coefficient (Wildman–Crippen LogP) is 1.32. The molecule has 114 valence electrons. The van der Waals surface area contributed by atoms with Crippen LogP contribution in [0.4, 0.5) is 0 Å². The molecule has 1 aromatic carbocycles. The molecule has 2 N–H and O–H groups in total. The van der Waals surface area contributed by atoms with Crippen molar-refractivity contribution in [2.75, 3.05) is 32.7 Å². The van der Waals surface area contributed by atoms with E-state index in [2.05, 4.69) is 41.5 Å². The Morgan fingerprint density at radius 3 is 2.67 bits per heavy atom. The highest BCUT2D eigenvalue weighted by atomic mass is 16.2. The Labute approximate surface area is 126 Å². The van der Waals surface area contributed by atoms with Crippen LogP contribution in [0.2, 0.25) is 0 Å². The molecule has 21 heavy (non-hydrogen) atoms. The van der Waals surface area contributed by atoms with Gasteiger partial charge in [-0.05, 0) is 49.9 Å². The highest BCUT2D eigenvalue weighted by Gasteiger charge is 2.36. The van der Waals surface area contributed by atoms with E-state index in [9.17, 15) is 4.79 Å². The molecule has 3 atom stereocenters. The quantitative estimate of drug-likeness (QED) is 0.878. The van der Waals surface area contributed by atoms with E-state index in [1.165, 1.54) is 11.1 Å². The van der Waals surface area contributed by atoms with E-state index in [4.69, 9.17) is 0 Å². The van der Waals surface area contributed by atoms with Crippen LogP contribution in [0.5, 0.6) is 0 Å². The maximum Gasteiger partial charge on any atom is 0.234 e. The normalized spacial score (nSPS) is 26.6. The first-order valence-electron chi connectivity index (χ1n) is 7.91. The molecule has 0 saturated carbocycles. The number of nitrogens with one attached hydrogen (secondary N) is 2. The number of amides is 1. The number of rotatable bonds is 4. The summed E-state index contributed by atoms with van der Waals surface area (Å²) in [4.78, 5) is 14.5. The second kappa shape index (κ2) is 6.16. The molecule has 2 aliphatic heterocycles. The number of fused-ring (bicyclic) bond motifs is 1. The van der Waals surface area contributed by atoms with Crippen LogP contribution in [0, 0.1) is 18.8 Å². The van der Waals surface area contributed by atoms with Crippen molar-refractivity contribution in [1.29, 1.82) is 0 Å². The van der Waals surface area contributed by atoms with Gasteiger partial charge < -0.3 is 10.6 Å². The van der Waals surface area contributed by atoms with Crippen molar-refractivity contribution < 1.29 is 4.79 Å². The Morgan fingerprint density at radius 1 is 1.33 bits per heavy atom. The van der Waals surface area contributed by atoms with E-state index >= 15 is 0 Å². The summed E-state index contributed by atoms with van der Waals surface area (Å²) in [5.41, 5.74) is 2.43. The fourth-order valence-corrected chi connectivity index (χ4v) is 3.72. The molecule has 0 aliphatic carbocycles. The van der Waals surface area contributed by atoms with Crippen LogP contribution in [0.25, 0.3) is 0 Å². The lowest BCUT2D eigenvalue weighted by Gasteiger charge is -2.20. The molecule has 1 aromatic rings. The van der Waals surface area contributed by atoms with E-state index in [1.54, 1.807) is 0 Å². The van der Waals surface area contributed by atoms with Crippen LogP contribution in [-0.4, -0.2) is 43.5 Å². The molecule has 0 bridgehead atoms. The Kier molecular flexibility index (Phi) is 4.27. The Balaban J connectivity index is 1.51. The number of carbonyl (C=O) groups is 1. The highest BCUT2D eigenvalue weighted by molar-refractivity contribution is 5.78. The molecule has 4 heteroatoms. The topological polar surface area (TPSA) is 44.4 Å². The fraction of sp³-hybridized carbons (Fsp3) is 0.588. The number of likely N-dealkylation sites (tertiary alicyclic amines) is 1. The Bertz CT molecular complexity index is 505. The third-order valence-electron chi connectivity index (χ3n) is 4.86. The van der Waals surface area contributed by atoms with Gasteiger partial charge in [-0.15, -0.1) is 0 Å². The molecule has 2 heterocycles. The molecule has 4 nitrogen and oxygen atoms in total. The zero-order chi connectivity index (χ0) is 14.8. The van der Waals surface area contributed by atoms with Crippen LogP contribution >= 0.6 is 0 Å². The van der Waals surface area contributed by atoms with Gasteiger partial charge in [0.05, 0.1) is 12.6 Å². The van der Waals surface area contributed by atoms with E-state index in [1.807, 2.05) is 12.1 Å². The van der Waals surface area contributed by atoms with Gasteiger partial charge in [0.2, 0.25) is 5.91 Å². The van der Waals surface area contributed by atoms with Gasteiger partial charge in [-0.1, -0.05) is 24.3 Å². The first kappa shape index (κ1) is 14.5. The Hall–Kier alpha value is -1.39. The van der Waals surface area contributed by atoms with E-state index in [-0.39, 0.29) is 11.9 Å². The van der Waals surface area contributed by atoms with Crippen LogP contribution in [0.1, 0.15) is 24.1 Å². The molecule has 3 unspecified atom stereocenters. The van der Waals surface area contributed by atoms with Crippen LogP contribution < -0.4 is 10.6 Å². The Morgan fingerprint density at radius 2 is 2.00 bits per heavy atom. The summed E-state index contributed by atoms with van der Waals surface area (Å²) in [5.74, 6) is 1.62. The summed E-state index contributed by atoms with van der Waals surface area (Å²) in [5, 5.41) is 6.56. The summed E-state index contributed by atoms with van der Waals surface area (Å²) in [7, 11) is 0. The van der Waals surface area contributed by atoms with Crippen LogP contribution in [0.3, 0.4) is 0 Å². The fourth-order valence-electron chi connectivity index (χ4n) is 3.72. The largest absolute Gasteiger partial charge is 0.348 e. The van der Waals surface area contributed by atoms with Crippen molar-refractivity contribution in [2.24, 2.45) is 11.8 Å². The summed E-state index contributed by atoms with van der Waals surface area (Å²) in [6.07, 6.45) is 0. The zero-order valence-corrected chi connectivity index (χ0v) is 12.9. The maximum absolute atomic E-state index is 12.2. The van der Waals surface area contributed by atoms with Gasteiger partial charge in [0.25, 0.3) is 0 Å². The van der Waals surface area contributed by atoms with Gasteiger partial charge in [-0.2, -0.15) is 0 Å². The number of aryl methyl sites for hydroxylation is 1. The van der Waals surface area contributed by atoms with Crippen molar-refractivity contribution >= 4 is 5.91 Å². The minimum Gasteiger partial charge on any atom is -0.348 e. The smallest absolute Gasteiger partial charge is 0.234 e. The number of nitrogens with zero attached hydrogens (tertiary/aromatic N) is 1. The standard InChI is InChI=1S/C17H25N3O/c1-12-5-3-4-6-16(12)13(2)19-17(21)11-20-9-14-7-18-8-15(14)10-20/h3-6,13-15,18H,7-11H2,1-2H3,(H,19,21). The highest BCUT2D eigenvalue weighted by Crippen LogP contribution is 2.26. The molecule has 0 aromatic heterocycles.